The van der Waals surface area contributed by atoms with Gasteiger partial charge in [0, 0.05) is 4.90 Å². The van der Waals surface area contributed by atoms with E-state index in [4.69, 9.17) is 4.74 Å². The molecule has 0 spiro atoms. The molecule has 1 N–H and O–H groups in total. The van der Waals surface area contributed by atoms with Crippen molar-refractivity contribution < 1.29 is 4.74 Å². The molecule has 0 aliphatic carbocycles. The largest absolute Gasteiger partial charge is 0.487 e. The zero-order valence-electron chi connectivity index (χ0n) is 7.83. The molecule has 1 aromatic carbocycles. The van der Waals surface area contributed by atoms with Gasteiger partial charge in [0.1, 0.15) is 11.9 Å². The fraction of sp³-hybridized carbons (Fsp3) is 0.400. The Balaban J connectivity index is 2.31. The summed E-state index contributed by atoms with van der Waals surface area (Å²) in [5.41, 5.74) is 1.12. The predicted molar refractivity (Wildman–Crippen MR) is 56.8 cm³/mol. The molecule has 1 unspecified atom stereocenters. The number of hydrogen-bond acceptors (Lipinski definition) is 3. The Morgan fingerprint density at radius 2 is 2.38 bits per heavy atom. The van der Waals surface area contributed by atoms with Gasteiger partial charge in [-0.15, -0.1) is 11.8 Å². The van der Waals surface area contributed by atoms with Crippen LogP contribution in [0.3, 0.4) is 0 Å². The number of ether oxygens (including phenoxy) is 1. The predicted octanol–water partition coefficient (Wildman–Crippen LogP) is 2.60. The van der Waals surface area contributed by atoms with Crippen LogP contribution in [0, 0.1) is 0 Å². The van der Waals surface area contributed by atoms with Crippen molar-refractivity contribution in [3.05, 3.63) is 18.2 Å². The van der Waals surface area contributed by atoms with Gasteiger partial charge in [-0.3, -0.25) is 0 Å². The third-order valence-electron chi connectivity index (χ3n) is 2.09. The molecule has 70 valence electrons. The van der Waals surface area contributed by atoms with Crippen molar-refractivity contribution in [2.45, 2.75) is 17.9 Å². The topological polar surface area (TPSA) is 21.3 Å². The van der Waals surface area contributed by atoms with E-state index in [0.29, 0.717) is 0 Å². The van der Waals surface area contributed by atoms with Crippen LogP contribution in [0.15, 0.2) is 23.1 Å². The van der Waals surface area contributed by atoms with Gasteiger partial charge in [0.05, 0.1) is 12.2 Å². The first-order valence-electron chi connectivity index (χ1n) is 4.38. The zero-order valence-corrected chi connectivity index (χ0v) is 8.65. The van der Waals surface area contributed by atoms with E-state index < -0.39 is 0 Å². The molecule has 0 saturated carbocycles. The van der Waals surface area contributed by atoms with E-state index in [9.17, 15) is 0 Å². The van der Waals surface area contributed by atoms with Gasteiger partial charge < -0.3 is 10.1 Å². The molecule has 1 aliphatic heterocycles. The van der Waals surface area contributed by atoms with Crippen molar-refractivity contribution in [1.82, 2.24) is 0 Å². The van der Waals surface area contributed by atoms with Gasteiger partial charge in [0.25, 0.3) is 0 Å². The van der Waals surface area contributed by atoms with Crippen molar-refractivity contribution >= 4 is 17.4 Å². The maximum atomic E-state index is 5.66. The molecular weight excluding hydrogens is 182 g/mol. The minimum Gasteiger partial charge on any atom is -0.487 e. The molecule has 1 aromatic rings. The fourth-order valence-corrected chi connectivity index (χ4v) is 1.83. The Morgan fingerprint density at radius 1 is 1.54 bits per heavy atom. The maximum Gasteiger partial charge on any atom is 0.142 e. The minimum absolute atomic E-state index is 0.271. The highest BCUT2D eigenvalue weighted by Gasteiger charge is 2.14. The van der Waals surface area contributed by atoms with E-state index in [-0.39, 0.29) is 6.10 Å². The molecule has 0 saturated heterocycles. The van der Waals surface area contributed by atoms with Crippen molar-refractivity contribution in [3.8, 4) is 5.75 Å². The number of anilines is 1. The highest BCUT2D eigenvalue weighted by atomic mass is 32.2. The van der Waals surface area contributed by atoms with Gasteiger partial charge in [-0.25, -0.2) is 0 Å². The lowest BCUT2D eigenvalue weighted by atomic mass is 10.2. The highest BCUT2D eigenvalue weighted by Crippen LogP contribution is 2.32. The van der Waals surface area contributed by atoms with E-state index in [0.717, 1.165) is 18.0 Å². The lowest BCUT2D eigenvalue weighted by Crippen LogP contribution is -2.27. The summed E-state index contributed by atoms with van der Waals surface area (Å²) in [6, 6.07) is 6.25. The average molecular weight is 195 g/mol. The molecule has 2 nitrogen and oxygen atoms in total. The second kappa shape index (κ2) is 3.50. The summed E-state index contributed by atoms with van der Waals surface area (Å²) in [5, 5.41) is 3.35. The van der Waals surface area contributed by atoms with Crippen LogP contribution < -0.4 is 10.1 Å². The van der Waals surface area contributed by atoms with Gasteiger partial charge in [0.2, 0.25) is 0 Å². The number of hydrogen-bond donors (Lipinski definition) is 1. The molecule has 3 heteroatoms. The normalized spacial score (nSPS) is 20.0. The van der Waals surface area contributed by atoms with Crippen LogP contribution in [0.4, 0.5) is 5.69 Å². The number of thioether (sulfide) groups is 1. The molecular formula is C10H13NOS. The van der Waals surface area contributed by atoms with Crippen molar-refractivity contribution in [1.29, 1.82) is 0 Å². The summed E-state index contributed by atoms with van der Waals surface area (Å²) in [5.74, 6) is 0.969. The number of nitrogens with one attached hydrogen (secondary N) is 1. The van der Waals surface area contributed by atoms with Crippen molar-refractivity contribution in [2.24, 2.45) is 0 Å². The summed E-state index contributed by atoms with van der Waals surface area (Å²) >= 11 is 1.75. The summed E-state index contributed by atoms with van der Waals surface area (Å²) in [6.45, 7) is 2.96. The summed E-state index contributed by atoms with van der Waals surface area (Å²) in [4.78, 5) is 1.27. The summed E-state index contributed by atoms with van der Waals surface area (Å²) in [7, 11) is 0. The Hall–Kier alpha value is -0.830. The van der Waals surface area contributed by atoms with Crippen LogP contribution >= 0.6 is 11.8 Å². The SMILES string of the molecule is CSc1ccc2c(c1)NCC(C)O2. The third kappa shape index (κ3) is 1.75. The van der Waals surface area contributed by atoms with Gasteiger partial charge in [-0.2, -0.15) is 0 Å². The molecule has 1 atom stereocenters. The van der Waals surface area contributed by atoms with E-state index in [2.05, 4.69) is 30.6 Å². The van der Waals surface area contributed by atoms with Crippen molar-refractivity contribution in [2.75, 3.05) is 18.1 Å². The molecule has 0 aromatic heterocycles. The van der Waals surface area contributed by atoms with Crippen LogP contribution in [0.5, 0.6) is 5.75 Å². The smallest absolute Gasteiger partial charge is 0.142 e. The van der Waals surface area contributed by atoms with E-state index in [1.807, 2.05) is 6.07 Å². The number of benzene rings is 1. The maximum absolute atomic E-state index is 5.66. The quantitative estimate of drug-likeness (QED) is 0.696. The van der Waals surface area contributed by atoms with Crippen LogP contribution in [0.1, 0.15) is 6.92 Å². The first kappa shape index (κ1) is 8.75. The standard InChI is InChI=1S/C10H13NOS/c1-7-6-11-9-5-8(13-2)3-4-10(9)12-7/h3-5,7,11H,6H2,1-2H3. The van der Waals surface area contributed by atoms with Crippen molar-refractivity contribution in [3.63, 3.8) is 0 Å². The lowest BCUT2D eigenvalue weighted by Gasteiger charge is -2.24. The van der Waals surface area contributed by atoms with Gasteiger partial charge in [-0.1, -0.05) is 0 Å². The van der Waals surface area contributed by atoms with E-state index >= 15 is 0 Å². The molecule has 0 fully saturated rings. The Morgan fingerprint density at radius 3 is 3.15 bits per heavy atom. The van der Waals surface area contributed by atoms with E-state index in [1.54, 1.807) is 11.8 Å². The first-order chi connectivity index (χ1) is 6.29. The Bertz CT molecular complexity index is 314. The molecule has 0 radical (unpaired) electrons. The number of rotatable bonds is 1. The monoisotopic (exact) mass is 195 g/mol. The second-order valence-corrected chi connectivity index (χ2v) is 4.05. The highest BCUT2D eigenvalue weighted by molar-refractivity contribution is 7.98. The van der Waals surface area contributed by atoms with Crippen LogP contribution in [-0.2, 0) is 0 Å². The van der Waals surface area contributed by atoms with Gasteiger partial charge in [-0.05, 0) is 31.4 Å². The Labute approximate surface area is 82.7 Å². The minimum atomic E-state index is 0.271. The van der Waals surface area contributed by atoms with E-state index in [1.165, 1.54) is 4.90 Å². The fourth-order valence-electron chi connectivity index (χ4n) is 1.39. The summed E-state index contributed by atoms with van der Waals surface area (Å²) < 4.78 is 5.66. The molecule has 0 amide bonds. The van der Waals surface area contributed by atoms with Gasteiger partial charge >= 0.3 is 0 Å². The Kier molecular flexibility index (Phi) is 2.36. The van der Waals surface area contributed by atoms with Crippen LogP contribution in [-0.4, -0.2) is 18.9 Å². The first-order valence-corrected chi connectivity index (χ1v) is 5.60. The second-order valence-electron chi connectivity index (χ2n) is 3.17. The molecule has 1 aliphatic rings. The average Bonchev–Trinajstić information content (AvgIpc) is 2.17. The third-order valence-corrected chi connectivity index (χ3v) is 2.82. The summed E-state index contributed by atoms with van der Waals surface area (Å²) in [6.07, 6.45) is 2.35. The molecule has 2 rings (SSSR count). The lowest BCUT2D eigenvalue weighted by molar-refractivity contribution is 0.226. The van der Waals surface area contributed by atoms with Crippen LogP contribution in [0.25, 0.3) is 0 Å². The zero-order chi connectivity index (χ0) is 9.26. The molecule has 13 heavy (non-hydrogen) atoms. The van der Waals surface area contributed by atoms with Gasteiger partial charge in [0.15, 0.2) is 0 Å². The molecule has 0 bridgehead atoms. The number of fused-ring (bicyclic) bond motifs is 1. The molecule has 1 heterocycles. The van der Waals surface area contributed by atoms with Crippen LogP contribution in [0.2, 0.25) is 0 Å².